The van der Waals surface area contributed by atoms with Crippen molar-refractivity contribution in [2.45, 2.75) is 31.3 Å². The summed E-state index contributed by atoms with van der Waals surface area (Å²) in [5.74, 6) is 1.55. The second-order valence-electron chi connectivity index (χ2n) is 5.35. The van der Waals surface area contributed by atoms with E-state index in [-0.39, 0.29) is 0 Å². The van der Waals surface area contributed by atoms with Crippen molar-refractivity contribution in [3.05, 3.63) is 63.6 Å². The first-order valence-corrected chi connectivity index (χ1v) is 9.40. The van der Waals surface area contributed by atoms with E-state index in [4.69, 9.17) is 23.2 Å². The average Bonchev–Trinajstić information content (AvgIpc) is 2.97. The van der Waals surface area contributed by atoms with Gasteiger partial charge in [-0.15, -0.1) is 10.2 Å². The number of hydrogen-bond donors (Lipinski definition) is 0. The van der Waals surface area contributed by atoms with Crippen molar-refractivity contribution >= 4 is 35.0 Å². The van der Waals surface area contributed by atoms with Crippen molar-refractivity contribution in [3.63, 3.8) is 0 Å². The minimum Gasteiger partial charge on any atom is -0.302 e. The van der Waals surface area contributed by atoms with Crippen LogP contribution in [0.25, 0.3) is 11.4 Å². The summed E-state index contributed by atoms with van der Waals surface area (Å²) >= 11 is 14.1. The molecule has 0 spiro atoms. The molecule has 0 aliphatic carbocycles. The number of aryl methyl sites for hydroxylation is 1. The highest BCUT2D eigenvalue weighted by Crippen LogP contribution is 2.32. The zero-order valence-corrected chi connectivity index (χ0v) is 15.8. The van der Waals surface area contributed by atoms with Crippen LogP contribution >= 0.6 is 35.0 Å². The first-order valence-electron chi connectivity index (χ1n) is 7.66. The van der Waals surface area contributed by atoms with Gasteiger partial charge in [-0.3, -0.25) is 0 Å². The Morgan fingerprint density at radius 2 is 1.71 bits per heavy atom. The Bertz CT molecular complexity index is 841. The molecule has 0 fully saturated rings. The summed E-state index contributed by atoms with van der Waals surface area (Å²) in [4.78, 5) is 0. The van der Waals surface area contributed by atoms with E-state index in [2.05, 4.69) is 40.7 Å². The monoisotopic (exact) mass is 377 g/mol. The Hall–Kier alpha value is -1.49. The van der Waals surface area contributed by atoms with E-state index in [1.165, 1.54) is 5.56 Å². The van der Waals surface area contributed by atoms with Gasteiger partial charge in [-0.05, 0) is 37.1 Å². The van der Waals surface area contributed by atoms with Crippen molar-refractivity contribution < 1.29 is 0 Å². The van der Waals surface area contributed by atoms with E-state index in [1.807, 2.05) is 30.3 Å². The quantitative estimate of drug-likeness (QED) is 0.520. The van der Waals surface area contributed by atoms with Gasteiger partial charge in [-0.1, -0.05) is 65.3 Å². The van der Waals surface area contributed by atoms with Gasteiger partial charge in [-0.25, -0.2) is 0 Å². The molecular weight excluding hydrogens is 361 g/mol. The van der Waals surface area contributed by atoms with Gasteiger partial charge in [0.15, 0.2) is 11.0 Å². The van der Waals surface area contributed by atoms with Crippen LogP contribution in [0.2, 0.25) is 10.0 Å². The van der Waals surface area contributed by atoms with Crippen LogP contribution in [0.5, 0.6) is 0 Å². The lowest BCUT2D eigenvalue weighted by Gasteiger charge is -2.10. The van der Waals surface area contributed by atoms with Crippen molar-refractivity contribution in [2.75, 3.05) is 0 Å². The van der Waals surface area contributed by atoms with Crippen molar-refractivity contribution in [2.24, 2.45) is 0 Å². The second kappa shape index (κ2) is 7.60. The fourth-order valence-corrected chi connectivity index (χ4v) is 4.25. The number of nitrogens with zero attached hydrogens (tertiary/aromatic N) is 3. The lowest BCUT2D eigenvalue weighted by atomic mass is 10.1. The van der Waals surface area contributed by atoms with E-state index in [1.54, 1.807) is 11.8 Å². The first-order chi connectivity index (χ1) is 11.6. The van der Waals surface area contributed by atoms with Crippen LogP contribution in [0.4, 0.5) is 0 Å². The molecule has 24 heavy (non-hydrogen) atoms. The third-order valence-electron chi connectivity index (χ3n) is 3.83. The molecule has 3 aromatic rings. The van der Waals surface area contributed by atoms with Gasteiger partial charge >= 0.3 is 0 Å². The molecule has 3 rings (SSSR count). The molecule has 1 heterocycles. The molecule has 0 N–H and O–H groups in total. The number of thioether (sulfide) groups is 1. The molecule has 2 aromatic carbocycles. The number of halogens is 2. The van der Waals surface area contributed by atoms with Gasteiger partial charge in [0.2, 0.25) is 0 Å². The first kappa shape index (κ1) is 17.3. The minimum absolute atomic E-state index is 0.657. The smallest absolute Gasteiger partial charge is 0.191 e. The zero-order valence-electron chi connectivity index (χ0n) is 13.5. The second-order valence-corrected chi connectivity index (χ2v) is 7.11. The van der Waals surface area contributed by atoms with Crippen LogP contribution in [0, 0.1) is 6.92 Å². The zero-order chi connectivity index (χ0) is 17.1. The lowest BCUT2D eigenvalue weighted by Crippen LogP contribution is -2.01. The SMILES string of the molecule is CCn1c(SCc2c(Cl)cccc2Cl)nnc1-c1ccccc1C. The summed E-state index contributed by atoms with van der Waals surface area (Å²) in [6, 6.07) is 13.8. The summed E-state index contributed by atoms with van der Waals surface area (Å²) in [7, 11) is 0. The predicted octanol–water partition coefficient (Wildman–Crippen LogP) is 5.87. The van der Waals surface area contributed by atoms with Gasteiger partial charge in [0.05, 0.1) is 0 Å². The summed E-state index contributed by atoms with van der Waals surface area (Å²) in [5.41, 5.74) is 3.22. The Kier molecular flexibility index (Phi) is 5.49. The molecule has 124 valence electrons. The van der Waals surface area contributed by atoms with Crippen LogP contribution in [0.1, 0.15) is 18.1 Å². The summed E-state index contributed by atoms with van der Waals surface area (Å²) in [6.07, 6.45) is 0. The van der Waals surface area contributed by atoms with Gasteiger partial charge in [0.1, 0.15) is 0 Å². The molecule has 0 saturated heterocycles. The molecule has 0 bridgehead atoms. The molecule has 0 unspecified atom stereocenters. The molecular formula is C18H17Cl2N3S. The van der Waals surface area contributed by atoms with E-state index < -0.39 is 0 Å². The predicted molar refractivity (Wildman–Crippen MR) is 102 cm³/mol. The van der Waals surface area contributed by atoms with Crippen LogP contribution in [0.3, 0.4) is 0 Å². The third kappa shape index (κ3) is 3.46. The molecule has 1 aromatic heterocycles. The summed E-state index contributed by atoms with van der Waals surface area (Å²) in [6.45, 7) is 4.98. The fourth-order valence-electron chi connectivity index (χ4n) is 2.51. The van der Waals surface area contributed by atoms with Gasteiger partial charge < -0.3 is 4.57 Å². The maximum atomic E-state index is 6.25. The Labute approximate surface area is 156 Å². The summed E-state index contributed by atoms with van der Waals surface area (Å²) < 4.78 is 2.12. The Morgan fingerprint density at radius 1 is 1.00 bits per heavy atom. The number of rotatable bonds is 5. The number of hydrogen-bond acceptors (Lipinski definition) is 3. The Morgan fingerprint density at radius 3 is 2.38 bits per heavy atom. The molecule has 0 aliphatic rings. The van der Waals surface area contributed by atoms with Crippen LogP contribution in [0.15, 0.2) is 47.6 Å². The maximum absolute atomic E-state index is 6.25. The van der Waals surface area contributed by atoms with E-state index in [9.17, 15) is 0 Å². The standard InChI is InChI=1S/C18H17Cl2N3S/c1-3-23-17(13-8-5-4-7-12(13)2)21-22-18(23)24-11-14-15(19)9-6-10-16(14)20/h4-10H,3,11H2,1-2H3. The van der Waals surface area contributed by atoms with E-state index in [0.29, 0.717) is 15.8 Å². The average molecular weight is 378 g/mol. The molecule has 0 atom stereocenters. The van der Waals surface area contributed by atoms with Crippen molar-refractivity contribution in [1.29, 1.82) is 0 Å². The molecule has 3 nitrogen and oxygen atoms in total. The van der Waals surface area contributed by atoms with Gasteiger partial charge in [0, 0.05) is 27.9 Å². The fraction of sp³-hybridized carbons (Fsp3) is 0.222. The summed E-state index contributed by atoms with van der Waals surface area (Å²) in [5, 5.41) is 11.0. The maximum Gasteiger partial charge on any atom is 0.191 e. The largest absolute Gasteiger partial charge is 0.302 e. The molecule has 0 amide bonds. The number of benzene rings is 2. The van der Waals surface area contributed by atoms with E-state index >= 15 is 0 Å². The normalized spacial score (nSPS) is 11.0. The highest BCUT2D eigenvalue weighted by molar-refractivity contribution is 7.98. The third-order valence-corrected chi connectivity index (χ3v) is 5.53. The van der Waals surface area contributed by atoms with Crippen molar-refractivity contribution in [3.8, 4) is 11.4 Å². The lowest BCUT2D eigenvalue weighted by molar-refractivity contribution is 0.687. The molecule has 0 saturated carbocycles. The topological polar surface area (TPSA) is 30.7 Å². The van der Waals surface area contributed by atoms with E-state index in [0.717, 1.165) is 28.7 Å². The van der Waals surface area contributed by atoms with Crippen LogP contribution < -0.4 is 0 Å². The molecule has 0 aliphatic heterocycles. The highest BCUT2D eigenvalue weighted by Gasteiger charge is 2.15. The van der Waals surface area contributed by atoms with Gasteiger partial charge in [-0.2, -0.15) is 0 Å². The Balaban J connectivity index is 1.89. The number of aromatic nitrogens is 3. The minimum atomic E-state index is 0.657. The van der Waals surface area contributed by atoms with Gasteiger partial charge in [0.25, 0.3) is 0 Å². The molecule has 6 heteroatoms. The molecule has 0 radical (unpaired) electrons. The van der Waals surface area contributed by atoms with Crippen LogP contribution in [-0.2, 0) is 12.3 Å². The van der Waals surface area contributed by atoms with Crippen LogP contribution in [-0.4, -0.2) is 14.8 Å². The van der Waals surface area contributed by atoms with Crippen molar-refractivity contribution in [1.82, 2.24) is 14.8 Å². The highest BCUT2D eigenvalue weighted by atomic mass is 35.5.